The minimum absolute atomic E-state index is 0.0158. The van der Waals surface area contributed by atoms with Crippen molar-refractivity contribution in [1.82, 2.24) is 4.98 Å². The fraction of sp³-hybridized carbons (Fsp3) is 0. The number of nitrogens with zero attached hydrogens (tertiary/aromatic N) is 1. The van der Waals surface area contributed by atoms with Crippen LogP contribution in [0.5, 0.6) is 5.75 Å². The van der Waals surface area contributed by atoms with E-state index in [1.165, 1.54) is 30.5 Å². The van der Waals surface area contributed by atoms with Gasteiger partial charge >= 0.3 is 0 Å². The highest BCUT2D eigenvalue weighted by atomic mass is 16.3. The van der Waals surface area contributed by atoms with E-state index in [2.05, 4.69) is 10.3 Å². The van der Waals surface area contributed by atoms with Gasteiger partial charge in [-0.05, 0) is 24.3 Å². The molecule has 1 heterocycles. The van der Waals surface area contributed by atoms with Gasteiger partial charge in [-0.25, -0.2) is 0 Å². The molecule has 6 nitrogen and oxygen atoms in total. The number of phenols is 1. The van der Waals surface area contributed by atoms with Gasteiger partial charge in [-0.3, -0.25) is 19.4 Å². The molecule has 1 aliphatic carbocycles. The Morgan fingerprint density at radius 1 is 0.846 bits per heavy atom. The second-order valence-electron chi connectivity index (χ2n) is 5.76. The number of amides is 1. The van der Waals surface area contributed by atoms with Crippen LogP contribution in [0.4, 0.5) is 5.69 Å². The highest BCUT2D eigenvalue weighted by Crippen LogP contribution is 2.37. The van der Waals surface area contributed by atoms with Crippen molar-refractivity contribution in [2.24, 2.45) is 0 Å². The molecule has 126 valence electrons. The standard InChI is InChI=1S/C20H12N2O4/c23-15-9-8-13(22-20(26)14-7-3-4-10-21-14)16-17(15)19(25)12-6-2-1-5-11(12)18(16)24/h1-10,23H,(H,22,26). The minimum Gasteiger partial charge on any atom is -0.507 e. The Bertz CT molecular complexity index is 1070. The molecule has 0 saturated heterocycles. The number of aromatic nitrogens is 1. The summed E-state index contributed by atoms with van der Waals surface area (Å²) in [6.07, 6.45) is 1.48. The van der Waals surface area contributed by atoms with Gasteiger partial charge in [0.1, 0.15) is 11.4 Å². The maximum absolute atomic E-state index is 12.9. The number of rotatable bonds is 2. The molecule has 0 atom stereocenters. The molecule has 0 spiro atoms. The number of carbonyl (C=O) groups is 3. The summed E-state index contributed by atoms with van der Waals surface area (Å²) in [6.45, 7) is 0. The van der Waals surface area contributed by atoms with Crippen molar-refractivity contribution >= 4 is 23.2 Å². The molecule has 26 heavy (non-hydrogen) atoms. The first-order valence-corrected chi connectivity index (χ1v) is 7.84. The number of hydrogen-bond acceptors (Lipinski definition) is 5. The fourth-order valence-electron chi connectivity index (χ4n) is 2.99. The molecule has 3 aromatic rings. The minimum atomic E-state index is -0.516. The van der Waals surface area contributed by atoms with Crippen molar-refractivity contribution in [3.8, 4) is 5.75 Å². The second-order valence-corrected chi connectivity index (χ2v) is 5.76. The normalized spacial score (nSPS) is 12.3. The predicted molar refractivity (Wildman–Crippen MR) is 93.6 cm³/mol. The molecule has 6 heteroatoms. The number of pyridine rings is 1. The van der Waals surface area contributed by atoms with Crippen LogP contribution < -0.4 is 5.32 Å². The van der Waals surface area contributed by atoms with E-state index < -0.39 is 17.5 Å². The van der Waals surface area contributed by atoms with E-state index in [4.69, 9.17) is 0 Å². The van der Waals surface area contributed by atoms with Crippen molar-refractivity contribution < 1.29 is 19.5 Å². The van der Waals surface area contributed by atoms with Crippen LogP contribution in [-0.4, -0.2) is 27.6 Å². The largest absolute Gasteiger partial charge is 0.507 e. The monoisotopic (exact) mass is 344 g/mol. The maximum atomic E-state index is 12.9. The first-order valence-electron chi connectivity index (χ1n) is 7.84. The number of carbonyl (C=O) groups excluding carboxylic acids is 3. The Kier molecular flexibility index (Phi) is 3.58. The molecule has 2 aromatic carbocycles. The third-order valence-corrected chi connectivity index (χ3v) is 4.20. The van der Waals surface area contributed by atoms with Crippen LogP contribution in [-0.2, 0) is 0 Å². The molecule has 1 aromatic heterocycles. The lowest BCUT2D eigenvalue weighted by molar-refractivity contribution is 0.0976. The van der Waals surface area contributed by atoms with Crippen LogP contribution >= 0.6 is 0 Å². The second kappa shape index (κ2) is 5.93. The lowest BCUT2D eigenvalue weighted by Crippen LogP contribution is -2.24. The van der Waals surface area contributed by atoms with Crippen molar-refractivity contribution in [3.05, 3.63) is 88.7 Å². The van der Waals surface area contributed by atoms with Gasteiger partial charge in [-0.1, -0.05) is 30.3 Å². The summed E-state index contributed by atoms with van der Waals surface area (Å²) in [4.78, 5) is 42.0. The number of anilines is 1. The van der Waals surface area contributed by atoms with Crippen molar-refractivity contribution in [3.63, 3.8) is 0 Å². The zero-order valence-corrected chi connectivity index (χ0v) is 13.4. The van der Waals surface area contributed by atoms with E-state index >= 15 is 0 Å². The maximum Gasteiger partial charge on any atom is 0.274 e. The van der Waals surface area contributed by atoms with E-state index in [1.54, 1.807) is 30.3 Å². The van der Waals surface area contributed by atoms with Crippen LogP contribution in [0, 0.1) is 0 Å². The van der Waals surface area contributed by atoms with E-state index in [0.29, 0.717) is 0 Å². The third kappa shape index (κ3) is 2.36. The van der Waals surface area contributed by atoms with Crippen molar-refractivity contribution in [2.45, 2.75) is 0 Å². The lowest BCUT2D eigenvalue weighted by Gasteiger charge is -2.21. The number of fused-ring (bicyclic) bond motifs is 2. The first kappa shape index (κ1) is 15.7. The topological polar surface area (TPSA) is 96.4 Å². The highest BCUT2D eigenvalue weighted by molar-refractivity contribution is 6.31. The third-order valence-electron chi connectivity index (χ3n) is 4.20. The van der Waals surface area contributed by atoms with Crippen LogP contribution in [0.3, 0.4) is 0 Å². The Balaban J connectivity index is 1.84. The van der Waals surface area contributed by atoms with Crippen LogP contribution in [0.15, 0.2) is 60.8 Å². The van der Waals surface area contributed by atoms with Gasteiger partial charge in [0.2, 0.25) is 0 Å². The van der Waals surface area contributed by atoms with Crippen molar-refractivity contribution in [2.75, 3.05) is 5.32 Å². The Labute approximate surface area is 148 Å². The number of benzene rings is 2. The number of hydrogen-bond donors (Lipinski definition) is 2. The predicted octanol–water partition coefficient (Wildman–Crippen LogP) is 2.81. The summed E-state index contributed by atoms with van der Waals surface area (Å²) in [5.41, 5.74) is 0.675. The van der Waals surface area contributed by atoms with E-state index in [-0.39, 0.29) is 39.4 Å². The highest BCUT2D eigenvalue weighted by Gasteiger charge is 2.34. The van der Waals surface area contributed by atoms with Gasteiger partial charge in [0, 0.05) is 17.3 Å². The van der Waals surface area contributed by atoms with Gasteiger partial charge in [-0.15, -0.1) is 0 Å². The lowest BCUT2D eigenvalue weighted by atomic mass is 9.82. The van der Waals surface area contributed by atoms with Crippen LogP contribution in [0.2, 0.25) is 0 Å². The van der Waals surface area contributed by atoms with Gasteiger partial charge in [0.25, 0.3) is 5.91 Å². The molecule has 0 radical (unpaired) electrons. The molecule has 0 bridgehead atoms. The molecule has 1 amide bonds. The molecule has 0 unspecified atom stereocenters. The number of aromatic hydroxyl groups is 1. The summed E-state index contributed by atoms with van der Waals surface area (Å²) in [5.74, 6) is -1.70. The SMILES string of the molecule is O=C(Nc1ccc(O)c2c1C(=O)c1ccccc1C2=O)c1ccccn1. The number of nitrogens with one attached hydrogen (secondary N) is 1. The van der Waals surface area contributed by atoms with Crippen molar-refractivity contribution in [1.29, 1.82) is 0 Å². The zero-order chi connectivity index (χ0) is 18.3. The van der Waals surface area contributed by atoms with E-state index in [0.717, 1.165) is 0 Å². The molecule has 1 aliphatic rings. The van der Waals surface area contributed by atoms with Gasteiger partial charge < -0.3 is 10.4 Å². The van der Waals surface area contributed by atoms with Crippen LogP contribution in [0.1, 0.15) is 42.3 Å². The quantitative estimate of drug-likeness (QED) is 0.545. The van der Waals surface area contributed by atoms with Crippen LogP contribution in [0.25, 0.3) is 0 Å². The molecular weight excluding hydrogens is 332 g/mol. The zero-order valence-electron chi connectivity index (χ0n) is 13.4. The molecular formula is C20H12N2O4. The number of phenolic OH excluding ortho intramolecular Hbond substituents is 1. The first-order chi connectivity index (χ1) is 12.6. The summed E-state index contributed by atoms with van der Waals surface area (Å²) in [5, 5.41) is 12.8. The van der Waals surface area contributed by atoms with Gasteiger partial charge in [0.05, 0.1) is 16.8 Å². The smallest absolute Gasteiger partial charge is 0.274 e. The average Bonchev–Trinajstić information content (AvgIpc) is 2.68. The summed E-state index contributed by atoms with van der Waals surface area (Å²) in [7, 11) is 0. The molecule has 0 aliphatic heterocycles. The average molecular weight is 344 g/mol. The summed E-state index contributed by atoms with van der Waals surface area (Å²) < 4.78 is 0. The Morgan fingerprint density at radius 3 is 2.15 bits per heavy atom. The van der Waals surface area contributed by atoms with E-state index in [1.807, 2.05) is 0 Å². The number of ketones is 2. The summed E-state index contributed by atoms with van der Waals surface area (Å²) in [6, 6.07) is 14.0. The molecule has 2 N–H and O–H groups in total. The van der Waals surface area contributed by atoms with Gasteiger partial charge in [-0.2, -0.15) is 0 Å². The fourth-order valence-corrected chi connectivity index (χ4v) is 2.99. The summed E-state index contributed by atoms with van der Waals surface area (Å²) >= 11 is 0. The molecule has 0 saturated carbocycles. The Morgan fingerprint density at radius 2 is 1.50 bits per heavy atom. The molecule has 4 rings (SSSR count). The molecule has 0 fully saturated rings. The van der Waals surface area contributed by atoms with E-state index in [9.17, 15) is 19.5 Å². The van der Waals surface area contributed by atoms with Gasteiger partial charge in [0.15, 0.2) is 11.6 Å². The Hall–Kier alpha value is -3.80.